The molecule has 104 valence electrons. The summed E-state index contributed by atoms with van der Waals surface area (Å²) in [4.78, 5) is 16.7. The van der Waals surface area contributed by atoms with Crippen molar-refractivity contribution in [1.29, 1.82) is 5.26 Å². The zero-order valence-electron chi connectivity index (χ0n) is 11.0. The van der Waals surface area contributed by atoms with Crippen molar-refractivity contribution in [3.8, 4) is 6.07 Å². The number of rotatable bonds is 4. The van der Waals surface area contributed by atoms with Gasteiger partial charge in [0.15, 0.2) is 0 Å². The Balaban J connectivity index is 1.68. The predicted octanol–water partition coefficient (Wildman–Crippen LogP) is 1.51. The molecule has 1 saturated heterocycles. The summed E-state index contributed by atoms with van der Waals surface area (Å²) in [7, 11) is 0. The molecule has 1 aromatic rings. The number of nitro groups is 1. The third kappa shape index (κ3) is 2.56. The van der Waals surface area contributed by atoms with Gasteiger partial charge >= 0.3 is 5.69 Å². The maximum Gasteiger partial charge on any atom is 0.305 e. The van der Waals surface area contributed by atoms with E-state index in [0.29, 0.717) is 11.9 Å². The first-order valence-corrected chi connectivity index (χ1v) is 6.73. The van der Waals surface area contributed by atoms with Crippen molar-refractivity contribution in [1.82, 2.24) is 9.88 Å². The molecule has 1 aliphatic heterocycles. The molecule has 0 aromatic carbocycles. The summed E-state index contributed by atoms with van der Waals surface area (Å²) in [6.07, 6.45) is 3.62. The molecule has 1 aliphatic carbocycles. The number of anilines is 1. The fourth-order valence-electron chi connectivity index (χ4n) is 2.65. The van der Waals surface area contributed by atoms with E-state index in [1.54, 1.807) is 12.1 Å². The van der Waals surface area contributed by atoms with Gasteiger partial charge in [-0.1, -0.05) is 0 Å². The van der Waals surface area contributed by atoms with Crippen molar-refractivity contribution in [2.24, 2.45) is 0 Å². The zero-order valence-corrected chi connectivity index (χ0v) is 11.0. The van der Waals surface area contributed by atoms with Crippen molar-refractivity contribution in [2.75, 3.05) is 18.4 Å². The van der Waals surface area contributed by atoms with Crippen LogP contribution in [0.1, 0.15) is 25.0 Å². The molecule has 2 fully saturated rings. The van der Waals surface area contributed by atoms with E-state index in [1.807, 2.05) is 0 Å². The maximum absolute atomic E-state index is 10.7. The Bertz CT molecular complexity index is 579. The van der Waals surface area contributed by atoms with Gasteiger partial charge in [-0.2, -0.15) is 5.26 Å². The number of nitriles is 1. The second-order valence-corrected chi connectivity index (χ2v) is 5.29. The van der Waals surface area contributed by atoms with Crippen molar-refractivity contribution >= 4 is 11.5 Å². The lowest BCUT2D eigenvalue weighted by molar-refractivity contribution is -0.385. The van der Waals surface area contributed by atoms with E-state index >= 15 is 0 Å². The number of nitrogens with zero attached hydrogens (tertiary/aromatic N) is 4. The molecule has 2 aliphatic rings. The van der Waals surface area contributed by atoms with Gasteiger partial charge < -0.3 is 5.32 Å². The second kappa shape index (κ2) is 5.06. The molecule has 0 radical (unpaired) electrons. The predicted molar refractivity (Wildman–Crippen MR) is 72.2 cm³/mol. The Morgan fingerprint density at radius 1 is 1.45 bits per heavy atom. The van der Waals surface area contributed by atoms with Crippen LogP contribution in [0.5, 0.6) is 0 Å². The van der Waals surface area contributed by atoms with Gasteiger partial charge in [-0.3, -0.25) is 15.0 Å². The highest BCUT2D eigenvalue weighted by molar-refractivity contribution is 5.50. The Morgan fingerprint density at radius 3 is 2.90 bits per heavy atom. The van der Waals surface area contributed by atoms with Gasteiger partial charge in [0.05, 0.1) is 4.92 Å². The summed E-state index contributed by atoms with van der Waals surface area (Å²) in [5.74, 6) is 0.537. The standard InChI is InChI=1S/C13H15N5O2/c14-7-11-12(18(19)20)3-4-13(16-11)15-9-5-6-17(8-9)10-1-2-10/h3-4,9-10H,1-2,5-6,8H2,(H,15,16). The summed E-state index contributed by atoms with van der Waals surface area (Å²) >= 11 is 0. The average molecular weight is 273 g/mol. The van der Waals surface area contributed by atoms with E-state index in [-0.39, 0.29) is 11.4 Å². The lowest BCUT2D eigenvalue weighted by Crippen LogP contribution is -2.28. The first kappa shape index (κ1) is 12.8. The summed E-state index contributed by atoms with van der Waals surface area (Å²) < 4.78 is 0. The molecule has 2 heterocycles. The van der Waals surface area contributed by atoms with Gasteiger partial charge in [0.1, 0.15) is 11.9 Å². The molecule has 1 saturated carbocycles. The van der Waals surface area contributed by atoms with E-state index in [0.717, 1.165) is 25.6 Å². The summed E-state index contributed by atoms with van der Waals surface area (Å²) in [5, 5.41) is 22.9. The van der Waals surface area contributed by atoms with Crippen LogP contribution < -0.4 is 5.32 Å². The Kier molecular flexibility index (Phi) is 3.24. The van der Waals surface area contributed by atoms with Crippen LogP contribution in [0.25, 0.3) is 0 Å². The van der Waals surface area contributed by atoms with E-state index in [2.05, 4.69) is 15.2 Å². The summed E-state index contributed by atoms with van der Waals surface area (Å²) in [5.41, 5.74) is -0.388. The van der Waals surface area contributed by atoms with Crippen LogP contribution in [0.15, 0.2) is 12.1 Å². The Labute approximate surface area is 116 Å². The summed E-state index contributed by atoms with van der Waals surface area (Å²) in [6.45, 7) is 2.06. The van der Waals surface area contributed by atoms with E-state index in [9.17, 15) is 10.1 Å². The monoisotopic (exact) mass is 273 g/mol. The van der Waals surface area contributed by atoms with E-state index < -0.39 is 4.92 Å². The average Bonchev–Trinajstić information content (AvgIpc) is 3.19. The molecular weight excluding hydrogens is 258 g/mol. The van der Waals surface area contributed by atoms with Gasteiger partial charge in [-0.15, -0.1) is 0 Å². The quantitative estimate of drug-likeness (QED) is 0.660. The van der Waals surface area contributed by atoms with Crippen LogP contribution in [-0.4, -0.2) is 40.0 Å². The van der Waals surface area contributed by atoms with Gasteiger partial charge in [0.25, 0.3) is 0 Å². The van der Waals surface area contributed by atoms with Crippen LogP contribution in [0.3, 0.4) is 0 Å². The molecule has 1 atom stereocenters. The molecule has 7 nitrogen and oxygen atoms in total. The smallest absolute Gasteiger partial charge is 0.305 e. The van der Waals surface area contributed by atoms with Crippen molar-refractivity contribution in [2.45, 2.75) is 31.3 Å². The number of nitrogens with one attached hydrogen (secondary N) is 1. The second-order valence-electron chi connectivity index (χ2n) is 5.29. The molecule has 1 N–H and O–H groups in total. The molecule has 1 unspecified atom stereocenters. The minimum Gasteiger partial charge on any atom is -0.366 e. The maximum atomic E-state index is 10.7. The normalized spacial score (nSPS) is 22.4. The molecule has 20 heavy (non-hydrogen) atoms. The van der Waals surface area contributed by atoms with Crippen LogP contribution in [0, 0.1) is 21.4 Å². The number of hydrogen-bond donors (Lipinski definition) is 1. The lowest BCUT2D eigenvalue weighted by Gasteiger charge is -2.16. The number of likely N-dealkylation sites (tertiary alicyclic amines) is 1. The number of hydrogen-bond acceptors (Lipinski definition) is 6. The molecule has 0 bridgehead atoms. The highest BCUT2D eigenvalue weighted by Crippen LogP contribution is 2.30. The summed E-state index contributed by atoms with van der Waals surface area (Å²) in [6, 6.07) is 5.73. The lowest BCUT2D eigenvalue weighted by atomic mass is 10.2. The van der Waals surface area contributed by atoms with Gasteiger partial charge in [0.2, 0.25) is 5.69 Å². The minimum atomic E-state index is -0.584. The first-order chi connectivity index (χ1) is 9.67. The van der Waals surface area contributed by atoms with E-state index in [1.165, 1.54) is 18.9 Å². The molecule has 0 amide bonds. The zero-order chi connectivity index (χ0) is 14.1. The number of aromatic nitrogens is 1. The van der Waals surface area contributed by atoms with Crippen LogP contribution in [-0.2, 0) is 0 Å². The van der Waals surface area contributed by atoms with Gasteiger partial charge in [-0.25, -0.2) is 4.98 Å². The van der Waals surface area contributed by atoms with Crippen LogP contribution in [0.4, 0.5) is 11.5 Å². The van der Waals surface area contributed by atoms with Gasteiger partial charge in [0, 0.05) is 31.2 Å². The highest BCUT2D eigenvalue weighted by Gasteiger charge is 2.34. The Morgan fingerprint density at radius 2 is 2.25 bits per heavy atom. The van der Waals surface area contributed by atoms with Crippen LogP contribution in [0.2, 0.25) is 0 Å². The molecule has 7 heteroatoms. The fourth-order valence-corrected chi connectivity index (χ4v) is 2.65. The SMILES string of the molecule is N#Cc1nc(NC2CCN(C3CC3)C2)ccc1[N+](=O)[O-]. The van der Waals surface area contributed by atoms with Crippen molar-refractivity contribution < 1.29 is 4.92 Å². The van der Waals surface area contributed by atoms with E-state index in [4.69, 9.17) is 5.26 Å². The molecule has 1 aromatic heterocycles. The third-order valence-electron chi connectivity index (χ3n) is 3.81. The number of pyridine rings is 1. The largest absolute Gasteiger partial charge is 0.366 e. The minimum absolute atomic E-state index is 0.142. The fraction of sp³-hybridized carbons (Fsp3) is 0.538. The third-order valence-corrected chi connectivity index (χ3v) is 3.81. The topological polar surface area (TPSA) is 95.1 Å². The van der Waals surface area contributed by atoms with Gasteiger partial charge in [-0.05, 0) is 25.3 Å². The van der Waals surface area contributed by atoms with Crippen LogP contribution >= 0.6 is 0 Å². The highest BCUT2D eigenvalue weighted by atomic mass is 16.6. The Hall–Kier alpha value is -2.20. The molecule has 3 rings (SSSR count). The first-order valence-electron chi connectivity index (χ1n) is 6.73. The van der Waals surface area contributed by atoms with Crippen molar-refractivity contribution in [3.63, 3.8) is 0 Å². The molecular formula is C13H15N5O2. The molecule has 0 spiro atoms. The van der Waals surface area contributed by atoms with Crippen molar-refractivity contribution in [3.05, 3.63) is 27.9 Å².